The fraction of sp³-hybridized carbons (Fsp3) is 0.294. The number of nitrogens with zero attached hydrogens (tertiary/aromatic N) is 3. The molecule has 5 heteroatoms. The Balaban J connectivity index is 1.36. The second-order valence-electron chi connectivity index (χ2n) is 5.04. The summed E-state index contributed by atoms with van der Waals surface area (Å²) < 4.78 is 3.17. The van der Waals surface area contributed by atoms with Crippen LogP contribution in [0.2, 0.25) is 0 Å². The van der Waals surface area contributed by atoms with Crippen molar-refractivity contribution < 1.29 is 0 Å². The number of aryl methyl sites for hydroxylation is 1. The molecule has 0 aliphatic heterocycles. The molecular formula is C17H19N3S2. The summed E-state index contributed by atoms with van der Waals surface area (Å²) in [5, 5.41) is 6.36. The number of hydrogen-bond donors (Lipinski definition) is 0. The molecular weight excluding hydrogens is 310 g/mol. The summed E-state index contributed by atoms with van der Waals surface area (Å²) in [6.45, 7) is 1.02. The van der Waals surface area contributed by atoms with E-state index < -0.39 is 0 Å². The third-order valence-corrected chi connectivity index (χ3v) is 5.48. The minimum Gasteiger partial charge on any atom is -0.273 e. The normalized spacial score (nSPS) is 10.9. The summed E-state index contributed by atoms with van der Waals surface area (Å²) in [5.41, 5.74) is 2.29. The highest BCUT2D eigenvalue weighted by molar-refractivity contribution is 8.01. The Morgan fingerprint density at radius 1 is 1.05 bits per heavy atom. The summed E-state index contributed by atoms with van der Waals surface area (Å²) in [4.78, 5) is 4.71. The zero-order valence-electron chi connectivity index (χ0n) is 12.4. The minimum absolute atomic E-state index is 1.02. The SMILES string of the molecule is c1ccc(-c2csc(SCCCCCn3cccn3)n2)cc1. The maximum Gasteiger partial charge on any atom is 0.150 e. The fourth-order valence-electron chi connectivity index (χ4n) is 2.21. The van der Waals surface area contributed by atoms with E-state index in [1.165, 1.54) is 29.2 Å². The van der Waals surface area contributed by atoms with Gasteiger partial charge >= 0.3 is 0 Å². The van der Waals surface area contributed by atoms with Gasteiger partial charge in [0.15, 0.2) is 4.34 Å². The van der Waals surface area contributed by atoms with Crippen LogP contribution < -0.4 is 0 Å². The molecule has 22 heavy (non-hydrogen) atoms. The van der Waals surface area contributed by atoms with Crippen LogP contribution in [-0.4, -0.2) is 20.5 Å². The van der Waals surface area contributed by atoms with Gasteiger partial charge in [-0.25, -0.2) is 4.98 Å². The molecule has 114 valence electrons. The highest BCUT2D eigenvalue weighted by Gasteiger charge is 2.04. The van der Waals surface area contributed by atoms with E-state index in [1.807, 2.05) is 41.0 Å². The molecule has 0 atom stereocenters. The first kappa shape index (κ1) is 15.3. The van der Waals surface area contributed by atoms with Gasteiger partial charge in [0.1, 0.15) is 0 Å². The highest BCUT2D eigenvalue weighted by Crippen LogP contribution is 2.28. The van der Waals surface area contributed by atoms with Crippen LogP contribution in [0.4, 0.5) is 0 Å². The van der Waals surface area contributed by atoms with E-state index in [2.05, 4.69) is 34.7 Å². The van der Waals surface area contributed by atoms with Crippen molar-refractivity contribution in [3.63, 3.8) is 0 Å². The van der Waals surface area contributed by atoms with E-state index in [-0.39, 0.29) is 0 Å². The van der Waals surface area contributed by atoms with Crippen molar-refractivity contribution in [1.82, 2.24) is 14.8 Å². The van der Waals surface area contributed by atoms with Crippen LogP contribution in [0.1, 0.15) is 19.3 Å². The second kappa shape index (κ2) is 8.15. The molecule has 0 aliphatic rings. The first-order valence-electron chi connectivity index (χ1n) is 7.53. The van der Waals surface area contributed by atoms with Crippen LogP contribution in [0.25, 0.3) is 11.3 Å². The molecule has 2 heterocycles. The third kappa shape index (κ3) is 4.45. The number of thioether (sulfide) groups is 1. The van der Waals surface area contributed by atoms with E-state index >= 15 is 0 Å². The van der Waals surface area contributed by atoms with E-state index in [1.54, 1.807) is 11.3 Å². The van der Waals surface area contributed by atoms with Gasteiger partial charge in [0.25, 0.3) is 0 Å². The topological polar surface area (TPSA) is 30.7 Å². The standard InChI is InChI=1S/C17H19N3S2/c1-3-8-15(9-4-1)16-14-22-17(19-16)21-13-6-2-5-11-20-12-7-10-18-20/h1,3-4,7-10,12,14H,2,5-6,11,13H2. The monoisotopic (exact) mass is 329 g/mol. The van der Waals surface area contributed by atoms with Gasteiger partial charge in [-0.2, -0.15) is 5.10 Å². The first-order valence-corrected chi connectivity index (χ1v) is 9.39. The molecule has 0 radical (unpaired) electrons. The van der Waals surface area contributed by atoms with Crippen molar-refractivity contribution in [2.24, 2.45) is 0 Å². The molecule has 0 amide bonds. The number of hydrogen-bond acceptors (Lipinski definition) is 4. The fourth-order valence-corrected chi connectivity index (χ4v) is 4.11. The van der Waals surface area contributed by atoms with E-state index in [0.717, 1.165) is 18.0 Å². The van der Waals surface area contributed by atoms with Gasteiger partial charge in [-0.15, -0.1) is 11.3 Å². The van der Waals surface area contributed by atoms with Crippen LogP contribution in [0.5, 0.6) is 0 Å². The quantitative estimate of drug-likeness (QED) is 0.432. The predicted molar refractivity (Wildman–Crippen MR) is 94.4 cm³/mol. The lowest BCUT2D eigenvalue weighted by molar-refractivity contribution is 0.554. The molecule has 0 saturated carbocycles. The van der Waals surface area contributed by atoms with Crippen molar-refractivity contribution in [2.75, 3.05) is 5.75 Å². The van der Waals surface area contributed by atoms with Gasteiger partial charge in [0, 0.05) is 35.6 Å². The average molecular weight is 329 g/mol. The number of benzene rings is 1. The minimum atomic E-state index is 1.02. The molecule has 3 rings (SSSR count). The van der Waals surface area contributed by atoms with Crippen LogP contribution in [0, 0.1) is 0 Å². The van der Waals surface area contributed by atoms with Crippen LogP contribution >= 0.6 is 23.1 Å². The van der Waals surface area contributed by atoms with Gasteiger partial charge in [-0.05, 0) is 18.9 Å². The molecule has 3 aromatic rings. The van der Waals surface area contributed by atoms with Crippen LogP contribution in [0.15, 0.2) is 58.5 Å². The van der Waals surface area contributed by atoms with Crippen LogP contribution in [0.3, 0.4) is 0 Å². The van der Waals surface area contributed by atoms with Crippen molar-refractivity contribution in [3.8, 4) is 11.3 Å². The van der Waals surface area contributed by atoms with Gasteiger partial charge in [-0.1, -0.05) is 48.5 Å². The Morgan fingerprint density at radius 2 is 1.95 bits per heavy atom. The number of thiazole rings is 1. The summed E-state index contributed by atoms with van der Waals surface area (Å²) in [5.74, 6) is 1.14. The zero-order chi connectivity index (χ0) is 15.0. The lowest BCUT2D eigenvalue weighted by atomic mass is 10.2. The molecule has 0 aliphatic carbocycles. The van der Waals surface area contributed by atoms with E-state index in [0.29, 0.717) is 0 Å². The maximum atomic E-state index is 4.71. The molecule has 2 aromatic heterocycles. The Bertz CT molecular complexity index is 662. The summed E-state index contributed by atoms with van der Waals surface area (Å²) in [6, 6.07) is 12.3. The Labute approximate surface area is 139 Å². The zero-order valence-corrected chi connectivity index (χ0v) is 14.0. The molecule has 0 N–H and O–H groups in total. The van der Waals surface area contributed by atoms with Crippen molar-refractivity contribution in [1.29, 1.82) is 0 Å². The van der Waals surface area contributed by atoms with Crippen LogP contribution in [-0.2, 0) is 6.54 Å². The van der Waals surface area contributed by atoms with Gasteiger partial charge in [0.2, 0.25) is 0 Å². The summed E-state index contributed by atoms with van der Waals surface area (Å²) in [7, 11) is 0. The Hall–Kier alpha value is -1.59. The molecule has 1 aromatic carbocycles. The van der Waals surface area contributed by atoms with Crippen molar-refractivity contribution in [2.45, 2.75) is 30.1 Å². The lowest BCUT2D eigenvalue weighted by Crippen LogP contribution is -1.97. The Morgan fingerprint density at radius 3 is 2.77 bits per heavy atom. The average Bonchev–Trinajstić information content (AvgIpc) is 3.23. The predicted octanol–water partition coefficient (Wildman–Crippen LogP) is 4.97. The van der Waals surface area contributed by atoms with Gasteiger partial charge in [-0.3, -0.25) is 4.68 Å². The van der Waals surface area contributed by atoms with Gasteiger partial charge in [0.05, 0.1) is 5.69 Å². The summed E-state index contributed by atoms with van der Waals surface area (Å²) >= 11 is 3.61. The Kier molecular flexibility index (Phi) is 5.67. The maximum absolute atomic E-state index is 4.71. The molecule has 0 fully saturated rings. The number of unbranched alkanes of at least 4 members (excludes halogenated alkanes) is 2. The largest absolute Gasteiger partial charge is 0.273 e. The highest BCUT2D eigenvalue weighted by atomic mass is 32.2. The number of rotatable bonds is 8. The van der Waals surface area contributed by atoms with Crippen molar-refractivity contribution >= 4 is 23.1 Å². The van der Waals surface area contributed by atoms with Crippen molar-refractivity contribution in [3.05, 3.63) is 54.2 Å². The smallest absolute Gasteiger partial charge is 0.150 e. The van der Waals surface area contributed by atoms with E-state index in [4.69, 9.17) is 4.98 Å². The first-order chi connectivity index (χ1) is 10.9. The molecule has 0 unspecified atom stereocenters. The molecule has 0 saturated heterocycles. The molecule has 0 bridgehead atoms. The summed E-state index contributed by atoms with van der Waals surface area (Å²) in [6.07, 6.45) is 7.52. The van der Waals surface area contributed by atoms with E-state index in [9.17, 15) is 0 Å². The number of aromatic nitrogens is 3. The second-order valence-corrected chi connectivity index (χ2v) is 7.24. The van der Waals surface area contributed by atoms with Gasteiger partial charge < -0.3 is 0 Å². The third-order valence-electron chi connectivity index (χ3n) is 3.37. The molecule has 0 spiro atoms. The molecule has 3 nitrogen and oxygen atoms in total. The lowest BCUT2D eigenvalue weighted by Gasteiger charge is -2.01.